The maximum Gasteiger partial charge on any atom is 0.434 e. The summed E-state index contributed by atoms with van der Waals surface area (Å²) in [6.45, 7) is 1.93. The zero-order valence-corrected chi connectivity index (χ0v) is 8.13. The van der Waals surface area contributed by atoms with Crippen LogP contribution in [0.4, 0.5) is 0 Å². The van der Waals surface area contributed by atoms with E-state index in [-0.39, 0.29) is 5.89 Å². The highest BCUT2D eigenvalue weighted by Gasteiger charge is 2.09. The first-order valence-electron chi connectivity index (χ1n) is 3.99. The lowest BCUT2D eigenvalue weighted by Gasteiger charge is -1.99. The highest BCUT2D eigenvalue weighted by Crippen LogP contribution is 2.25. The summed E-state index contributed by atoms with van der Waals surface area (Å²) in [5.41, 5.74) is 1.65. The minimum absolute atomic E-state index is 0.208. The molecule has 14 heavy (non-hydrogen) atoms. The van der Waals surface area contributed by atoms with Crippen molar-refractivity contribution in [2.24, 2.45) is 0 Å². The SMILES string of the molecule is Cc1ccc(-c2n[nH]c(=O)o2)c(Cl)c1. The lowest BCUT2D eigenvalue weighted by molar-refractivity contribution is 0.527. The monoisotopic (exact) mass is 210 g/mol. The summed E-state index contributed by atoms with van der Waals surface area (Å²) in [7, 11) is 0. The van der Waals surface area contributed by atoms with Crippen molar-refractivity contribution in [1.82, 2.24) is 10.2 Å². The molecule has 0 saturated heterocycles. The minimum atomic E-state index is -0.586. The second-order valence-electron chi connectivity index (χ2n) is 2.90. The summed E-state index contributed by atoms with van der Waals surface area (Å²) < 4.78 is 4.78. The Balaban J connectivity index is 2.57. The molecule has 0 amide bonds. The quantitative estimate of drug-likeness (QED) is 0.783. The molecular formula is C9H7ClN2O2. The number of halogens is 1. The largest absolute Gasteiger partial charge is 0.434 e. The maximum absolute atomic E-state index is 10.7. The van der Waals surface area contributed by atoms with Crippen molar-refractivity contribution in [1.29, 1.82) is 0 Å². The Kier molecular flexibility index (Phi) is 2.13. The Morgan fingerprint density at radius 1 is 1.50 bits per heavy atom. The van der Waals surface area contributed by atoms with Gasteiger partial charge in [-0.15, -0.1) is 5.10 Å². The fourth-order valence-electron chi connectivity index (χ4n) is 1.14. The van der Waals surface area contributed by atoms with Crippen LogP contribution in [0.25, 0.3) is 11.5 Å². The van der Waals surface area contributed by atoms with Gasteiger partial charge in [-0.1, -0.05) is 17.7 Å². The fourth-order valence-corrected chi connectivity index (χ4v) is 1.45. The van der Waals surface area contributed by atoms with E-state index in [0.717, 1.165) is 5.56 Å². The van der Waals surface area contributed by atoms with Crippen molar-refractivity contribution >= 4 is 11.6 Å². The zero-order chi connectivity index (χ0) is 10.1. The van der Waals surface area contributed by atoms with E-state index in [0.29, 0.717) is 10.6 Å². The van der Waals surface area contributed by atoms with Gasteiger partial charge in [-0.2, -0.15) is 0 Å². The molecule has 5 heteroatoms. The molecule has 0 fully saturated rings. The Bertz CT molecular complexity index is 516. The normalized spacial score (nSPS) is 10.4. The summed E-state index contributed by atoms with van der Waals surface area (Å²) in [4.78, 5) is 10.7. The molecule has 0 radical (unpaired) electrons. The highest BCUT2D eigenvalue weighted by atomic mass is 35.5. The third kappa shape index (κ3) is 1.56. The van der Waals surface area contributed by atoms with E-state index in [9.17, 15) is 4.79 Å². The smallest absolute Gasteiger partial charge is 0.388 e. The van der Waals surface area contributed by atoms with Crippen molar-refractivity contribution in [3.05, 3.63) is 39.3 Å². The first kappa shape index (κ1) is 9.02. The molecule has 2 aromatic rings. The number of hydrogen-bond donors (Lipinski definition) is 1. The number of aromatic amines is 1. The van der Waals surface area contributed by atoms with Crippen LogP contribution >= 0.6 is 11.6 Å². The predicted molar refractivity (Wildman–Crippen MR) is 52.3 cm³/mol. The minimum Gasteiger partial charge on any atom is -0.388 e. The van der Waals surface area contributed by atoms with Crippen LogP contribution in [0, 0.1) is 6.92 Å². The van der Waals surface area contributed by atoms with Crippen LogP contribution in [-0.4, -0.2) is 10.2 Å². The molecule has 0 bridgehead atoms. The van der Waals surface area contributed by atoms with Gasteiger partial charge in [-0.25, -0.2) is 9.89 Å². The Labute approximate surface area is 84.5 Å². The number of aromatic nitrogens is 2. The van der Waals surface area contributed by atoms with Crippen LogP contribution in [0.5, 0.6) is 0 Å². The third-order valence-corrected chi connectivity index (χ3v) is 2.11. The number of nitrogens with one attached hydrogen (secondary N) is 1. The third-order valence-electron chi connectivity index (χ3n) is 1.79. The van der Waals surface area contributed by atoms with Gasteiger partial charge < -0.3 is 4.42 Å². The molecule has 0 aliphatic rings. The van der Waals surface area contributed by atoms with E-state index in [1.807, 2.05) is 13.0 Å². The van der Waals surface area contributed by atoms with Crippen LogP contribution in [0.2, 0.25) is 5.02 Å². The molecule has 2 rings (SSSR count). The Morgan fingerprint density at radius 2 is 2.29 bits per heavy atom. The van der Waals surface area contributed by atoms with E-state index in [1.165, 1.54) is 0 Å². The molecule has 1 aromatic carbocycles. The summed E-state index contributed by atoms with van der Waals surface area (Å²) in [6, 6.07) is 5.41. The van der Waals surface area contributed by atoms with Crippen molar-refractivity contribution in [3.8, 4) is 11.5 Å². The van der Waals surface area contributed by atoms with Crippen molar-refractivity contribution in [3.63, 3.8) is 0 Å². The summed E-state index contributed by atoms with van der Waals surface area (Å²) >= 11 is 5.96. The van der Waals surface area contributed by atoms with Crippen LogP contribution < -0.4 is 5.76 Å². The van der Waals surface area contributed by atoms with Gasteiger partial charge in [0.05, 0.1) is 10.6 Å². The zero-order valence-electron chi connectivity index (χ0n) is 7.37. The topological polar surface area (TPSA) is 58.9 Å². The number of nitrogens with zero attached hydrogens (tertiary/aromatic N) is 1. The van der Waals surface area contributed by atoms with E-state index in [1.54, 1.807) is 12.1 Å². The van der Waals surface area contributed by atoms with Gasteiger partial charge in [0.2, 0.25) is 0 Å². The first-order chi connectivity index (χ1) is 6.66. The molecule has 0 aliphatic carbocycles. The highest BCUT2D eigenvalue weighted by molar-refractivity contribution is 6.33. The molecule has 1 aromatic heterocycles. The Morgan fingerprint density at radius 3 is 2.86 bits per heavy atom. The lowest BCUT2D eigenvalue weighted by Crippen LogP contribution is -1.93. The average Bonchev–Trinajstić information content (AvgIpc) is 2.51. The number of hydrogen-bond acceptors (Lipinski definition) is 3. The van der Waals surface area contributed by atoms with E-state index in [4.69, 9.17) is 16.0 Å². The number of aryl methyl sites for hydroxylation is 1. The molecule has 72 valence electrons. The second-order valence-corrected chi connectivity index (χ2v) is 3.31. The van der Waals surface area contributed by atoms with Gasteiger partial charge >= 0.3 is 5.76 Å². The molecule has 1 N–H and O–H groups in total. The lowest BCUT2D eigenvalue weighted by atomic mass is 10.1. The first-order valence-corrected chi connectivity index (χ1v) is 4.36. The van der Waals surface area contributed by atoms with Gasteiger partial charge in [-0.05, 0) is 24.6 Å². The standard InChI is InChI=1S/C9H7ClN2O2/c1-5-2-3-6(7(10)4-5)8-11-12-9(13)14-8/h2-4H,1H3,(H,12,13). The number of benzene rings is 1. The molecule has 0 aliphatic heterocycles. The van der Waals surface area contributed by atoms with Gasteiger partial charge in [0.25, 0.3) is 5.89 Å². The number of H-pyrrole nitrogens is 1. The van der Waals surface area contributed by atoms with Crippen molar-refractivity contribution < 1.29 is 4.42 Å². The van der Waals surface area contributed by atoms with Gasteiger partial charge in [0.1, 0.15) is 0 Å². The van der Waals surface area contributed by atoms with E-state index < -0.39 is 5.76 Å². The molecule has 0 unspecified atom stereocenters. The van der Waals surface area contributed by atoms with Crippen LogP contribution in [0.3, 0.4) is 0 Å². The molecule has 4 nitrogen and oxygen atoms in total. The van der Waals surface area contributed by atoms with Gasteiger partial charge in [0.15, 0.2) is 0 Å². The molecule has 0 saturated carbocycles. The summed E-state index contributed by atoms with van der Waals surface area (Å²) in [5.74, 6) is -0.378. The fraction of sp³-hybridized carbons (Fsp3) is 0.111. The Hall–Kier alpha value is -1.55. The van der Waals surface area contributed by atoms with Crippen LogP contribution in [0.1, 0.15) is 5.56 Å². The van der Waals surface area contributed by atoms with Crippen molar-refractivity contribution in [2.75, 3.05) is 0 Å². The summed E-state index contributed by atoms with van der Waals surface area (Å²) in [5, 5.41) is 6.38. The van der Waals surface area contributed by atoms with Gasteiger partial charge in [0, 0.05) is 0 Å². The van der Waals surface area contributed by atoms with Gasteiger partial charge in [-0.3, -0.25) is 0 Å². The van der Waals surface area contributed by atoms with E-state index >= 15 is 0 Å². The summed E-state index contributed by atoms with van der Waals surface area (Å²) in [6.07, 6.45) is 0. The second kappa shape index (κ2) is 3.31. The maximum atomic E-state index is 10.7. The molecule has 0 atom stereocenters. The van der Waals surface area contributed by atoms with Crippen molar-refractivity contribution in [2.45, 2.75) is 6.92 Å². The molecule has 0 spiro atoms. The molecule has 1 heterocycles. The van der Waals surface area contributed by atoms with Crippen LogP contribution in [0.15, 0.2) is 27.4 Å². The molecular weight excluding hydrogens is 204 g/mol. The predicted octanol–water partition coefficient (Wildman–Crippen LogP) is 1.99. The van der Waals surface area contributed by atoms with Crippen LogP contribution in [-0.2, 0) is 0 Å². The number of rotatable bonds is 1. The average molecular weight is 211 g/mol. The van der Waals surface area contributed by atoms with E-state index in [2.05, 4.69) is 10.2 Å².